The van der Waals surface area contributed by atoms with E-state index in [4.69, 9.17) is 5.11 Å². The molecule has 0 saturated carbocycles. The van der Waals surface area contributed by atoms with Crippen LogP contribution in [0.2, 0.25) is 0 Å². The number of aliphatic hydroxyl groups excluding tert-OH is 1. The van der Waals surface area contributed by atoms with Gasteiger partial charge >= 0.3 is 0 Å². The molecule has 0 amide bonds. The molecule has 1 aromatic carbocycles. The molecule has 78 valence electrons. The van der Waals surface area contributed by atoms with E-state index in [0.29, 0.717) is 0 Å². The number of hydrogen-bond acceptors (Lipinski definition) is 3. The second kappa shape index (κ2) is 4.11. The molecule has 0 aliphatic heterocycles. The Kier molecular flexibility index (Phi) is 3.29. The van der Waals surface area contributed by atoms with Gasteiger partial charge in [0.15, 0.2) is 5.44 Å². The minimum atomic E-state index is -3.55. The molecule has 0 heterocycles. The minimum Gasteiger partial charge on any atom is -0.377 e. The predicted octanol–water partition coefficient (Wildman–Crippen LogP) is 1.36. The Morgan fingerprint density at radius 3 is 2.14 bits per heavy atom. The first-order valence-corrected chi connectivity index (χ1v) is 6.04. The molecule has 14 heavy (non-hydrogen) atoms. The zero-order valence-corrected chi connectivity index (χ0v) is 9.08. The minimum absolute atomic E-state index is 0.171. The molecule has 0 radical (unpaired) electrons. The van der Waals surface area contributed by atoms with Crippen molar-refractivity contribution in [3.05, 3.63) is 29.8 Å². The Morgan fingerprint density at radius 2 is 1.79 bits per heavy atom. The fourth-order valence-corrected chi connectivity index (χ4v) is 2.02. The number of aliphatic hydroxyl groups is 1. The third kappa shape index (κ3) is 2.13. The van der Waals surface area contributed by atoms with Gasteiger partial charge in [-0.2, -0.15) is 0 Å². The van der Waals surface area contributed by atoms with Gasteiger partial charge in [0.2, 0.25) is 9.84 Å². The number of benzene rings is 1. The Morgan fingerprint density at radius 1 is 1.29 bits per heavy atom. The lowest BCUT2D eigenvalue weighted by Crippen LogP contribution is -2.16. The molecule has 0 aliphatic rings. The van der Waals surface area contributed by atoms with Crippen LogP contribution in [0.3, 0.4) is 0 Å². The summed E-state index contributed by atoms with van der Waals surface area (Å²) < 4.78 is 23.0. The van der Waals surface area contributed by atoms with Crippen molar-refractivity contribution in [2.24, 2.45) is 0 Å². The van der Waals surface area contributed by atoms with Crippen LogP contribution < -0.4 is 0 Å². The van der Waals surface area contributed by atoms with Crippen molar-refractivity contribution in [1.29, 1.82) is 0 Å². The van der Waals surface area contributed by atoms with Gasteiger partial charge in [0.25, 0.3) is 0 Å². The fourth-order valence-electron chi connectivity index (χ4n) is 1.11. The first-order valence-electron chi connectivity index (χ1n) is 4.49. The number of aryl methyl sites for hydroxylation is 1. The molecule has 1 N–H and O–H groups in total. The van der Waals surface area contributed by atoms with Crippen molar-refractivity contribution in [3.63, 3.8) is 0 Å². The molecule has 1 rings (SSSR count). The normalized spacial score (nSPS) is 13.9. The summed E-state index contributed by atoms with van der Waals surface area (Å²) in [6, 6.07) is 6.58. The topological polar surface area (TPSA) is 54.4 Å². The van der Waals surface area contributed by atoms with Crippen LogP contribution in [0.4, 0.5) is 0 Å². The Labute approximate surface area is 84.3 Å². The molecule has 0 saturated heterocycles. The van der Waals surface area contributed by atoms with E-state index in [1.807, 2.05) is 6.92 Å². The van der Waals surface area contributed by atoms with Gasteiger partial charge in [-0.3, -0.25) is 0 Å². The van der Waals surface area contributed by atoms with Crippen LogP contribution in [0.25, 0.3) is 0 Å². The van der Waals surface area contributed by atoms with Gasteiger partial charge in [-0.05, 0) is 31.0 Å². The molecule has 0 spiro atoms. The lowest BCUT2D eigenvalue weighted by Gasteiger charge is -2.07. The van der Waals surface area contributed by atoms with Crippen molar-refractivity contribution in [3.8, 4) is 0 Å². The van der Waals surface area contributed by atoms with Crippen LogP contribution in [-0.2, 0) is 16.3 Å². The molecule has 0 bridgehead atoms. The van der Waals surface area contributed by atoms with Crippen molar-refractivity contribution < 1.29 is 13.5 Å². The van der Waals surface area contributed by atoms with Crippen LogP contribution in [0, 0.1) is 0 Å². The molecule has 3 nitrogen and oxygen atoms in total. The maximum atomic E-state index is 11.5. The summed E-state index contributed by atoms with van der Waals surface area (Å²) in [6.45, 7) is 3.25. The summed E-state index contributed by atoms with van der Waals surface area (Å²) in [5.41, 5.74) is -0.274. The number of rotatable bonds is 3. The molecule has 1 aromatic rings. The van der Waals surface area contributed by atoms with Gasteiger partial charge in [0.1, 0.15) is 0 Å². The van der Waals surface area contributed by atoms with E-state index in [1.54, 1.807) is 12.1 Å². The smallest absolute Gasteiger partial charge is 0.204 e. The van der Waals surface area contributed by atoms with E-state index < -0.39 is 15.3 Å². The third-order valence-corrected chi connectivity index (χ3v) is 3.94. The average molecular weight is 214 g/mol. The molecule has 0 fully saturated rings. The van der Waals surface area contributed by atoms with E-state index in [0.717, 1.165) is 12.0 Å². The first-order chi connectivity index (χ1) is 6.48. The molecule has 0 aliphatic carbocycles. The maximum Gasteiger partial charge on any atom is 0.204 e. The Balaban J connectivity index is 3.10. The van der Waals surface area contributed by atoms with E-state index in [9.17, 15) is 8.42 Å². The standard InChI is InChI=1S/C10H14O3S/c1-3-9-4-6-10(7-5-9)14(12,13)8(2)11/h4-8,11H,3H2,1-2H3. The third-order valence-electron chi connectivity index (χ3n) is 2.11. The molecule has 1 unspecified atom stereocenters. The van der Waals surface area contributed by atoms with Crippen LogP contribution in [0.15, 0.2) is 29.2 Å². The van der Waals surface area contributed by atoms with E-state index in [1.165, 1.54) is 19.1 Å². The van der Waals surface area contributed by atoms with E-state index >= 15 is 0 Å². The lowest BCUT2D eigenvalue weighted by atomic mass is 10.2. The molecule has 4 heteroatoms. The summed E-state index contributed by atoms with van der Waals surface area (Å²) in [6.07, 6.45) is 0.870. The van der Waals surface area contributed by atoms with Crippen molar-refractivity contribution >= 4 is 9.84 Å². The SMILES string of the molecule is CCc1ccc(S(=O)(=O)C(C)O)cc1. The van der Waals surface area contributed by atoms with Crippen LogP contribution in [0.5, 0.6) is 0 Å². The van der Waals surface area contributed by atoms with Crippen LogP contribution in [0.1, 0.15) is 19.4 Å². The zero-order valence-electron chi connectivity index (χ0n) is 8.27. The Hall–Kier alpha value is -0.870. The summed E-state index contributed by atoms with van der Waals surface area (Å²) >= 11 is 0. The lowest BCUT2D eigenvalue weighted by molar-refractivity contribution is 0.268. The highest BCUT2D eigenvalue weighted by Gasteiger charge is 2.20. The second-order valence-electron chi connectivity index (χ2n) is 3.14. The summed E-state index contributed by atoms with van der Waals surface area (Å²) in [5, 5.41) is 9.07. The fraction of sp³-hybridized carbons (Fsp3) is 0.400. The quantitative estimate of drug-likeness (QED) is 0.826. The average Bonchev–Trinajstić information content (AvgIpc) is 2.17. The van der Waals surface area contributed by atoms with Crippen LogP contribution in [-0.4, -0.2) is 19.0 Å². The van der Waals surface area contributed by atoms with E-state index in [2.05, 4.69) is 0 Å². The van der Waals surface area contributed by atoms with Gasteiger partial charge in [-0.15, -0.1) is 0 Å². The predicted molar refractivity (Wildman–Crippen MR) is 54.7 cm³/mol. The van der Waals surface area contributed by atoms with E-state index in [-0.39, 0.29) is 4.90 Å². The van der Waals surface area contributed by atoms with Gasteiger partial charge in [-0.25, -0.2) is 8.42 Å². The number of hydrogen-bond donors (Lipinski definition) is 1. The maximum absolute atomic E-state index is 11.5. The highest BCUT2D eigenvalue weighted by atomic mass is 32.2. The molecule has 1 atom stereocenters. The van der Waals surface area contributed by atoms with Gasteiger partial charge in [0.05, 0.1) is 4.90 Å². The monoisotopic (exact) mass is 214 g/mol. The molecule has 0 aromatic heterocycles. The highest BCUT2D eigenvalue weighted by Crippen LogP contribution is 2.15. The van der Waals surface area contributed by atoms with Crippen molar-refractivity contribution in [2.75, 3.05) is 0 Å². The first kappa shape index (κ1) is 11.2. The summed E-state index contributed by atoms with van der Waals surface area (Å²) in [4.78, 5) is 0.171. The van der Waals surface area contributed by atoms with Gasteiger partial charge < -0.3 is 5.11 Å². The Bertz CT molecular complexity index is 390. The zero-order chi connectivity index (χ0) is 10.8. The summed E-state index contributed by atoms with van der Waals surface area (Å²) in [5.74, 6) is 0. The second-order valence-corrected chi connectivity index (χ2v) is 5.39. The number of sulfone groups is 1. The summed E-state index contributed by atoms with van der Waals surface area (Å²) in [7, 11) is -3.55. The van der Waals surface area contributed by atoms with Gasteiger partial charge in [-0.1, -0.05) is 19.1 Å². The van der Waals surface area contributed by atoms with Crippen LogP contribution >= 0.6 is 0 Å². The molecular weight excluding hydrogens is 200 g/mol. The van der Waals surface area contributed by atoms with Gasteiger partial charge in [0, 0.05) is 0 Å². The molecular formula is C10H14O3S. The van der Waals surface area contributed by atoms with Crippen molar-refractivity contribution in [1.82, 2.24) is 0 Å². The van der Waals surface area contributed by atoms with Crippen molar-refractivity contribution in [2.45, 2.75) is 30.6 Å². The largest absolute Gasteiger partial charge is 0.377 e. The highest BCUT2D eigenvalue weighted by molar-refractivity contribution is 7.91.